The first kappa shape index (κ1) is 72.4. The Labute approximate surface area is 652 Å². The van der Waals surface area contributed by atoms with Crippen LogP contribution < -0.4 is 43.5 Å². The number of rotatable bonds is 16. The molecule has 12 heterocycles. The van der Waals surface area contributed by atoms with Crippen LogP contribution in [0.3, 0.4) is 0 Å². The summed E-state index contributed by atoms with van der Waals surface area (Å²) in [5, 5.41) is 24.5. The standard InChI is InChI=1S/2C21H20ClN5O.C20H17ClFN5O.C20H18ClN5O/c2*1-11-9-23-19-17(11)20(25-10-24-19)26-12(2)16-8-13-4-3-5-15(22)18(13)21(28)27(16)14-6-7-14;1-10(26-19-17-14(22)8-23-18(17)24-9-25-19)15-7-11-3-2-4-13(21)16(11)20(28)27(15)12-5-6-12;1-11(25-19-14-7-8-22-18(14)23-10-24-19)16-9-12-3-2-4-15(21)17(12)20(27)26(16)13-5-6-13/h2*3-5,8-10,12,14H,6-7H2,1-2H3,(H2,23,24,25,26);2-4,7-10,12H,5-6H2,1H3,(H2,23,24,25,26);2-4,7-11,13H,5-6H2,1H3,(H2,22,23,24,25)/t2*12-;10-;11-/m0000/s1. The topological polar surface area (TPSA) is 302 Å². The summed E-state index contributed by atoms with van der Waals surface area (Å²) in [5.74, 6) is 2.23. The van der Waals surface area contributed by atoms with E-state index in [2.05, 4.69) is 113 Å². The fraction of sp³-hybridized carbons (Fsp3) is 0.268. The maximum absolute atomic E-state index is 14.2. The molecule has 16 aromatic rings. The Morgan fingerprint density at radius 1 is 0.369 bits per heavy atom. The number of hydrogen-bond acceptors (Lipinski definition) is 16. The summed E-state index contributed by atoms with van der Waals surface area (Å²) in [6.45, 7) is 12.1. The molecule has 4 aliphatic rings. The number of benzene rings is 4. The van der Waals surface area contributed by atoms with E-state index in [1.807, 2.05) is 125 Å². The number of aromatic nitrogens is 16. The summed E-state index contributed by atoms with van der Waals surface area (Å²) in [5.41, 5.74) is 8.49. The van der Waals surface area contributed by atoms with Gasteiger partial charge in [-0.1, -0.05) is 94.9 Å². The molecule has 29 heteroatoms. The van der Waals surface area contributed by atoms with Crippen LogP contribution in [0.25, 0.3) is 87.2 Å². The third kappa shape index (κ3) is 13.8. The molecule has 562 valence electrons. The Bertz CT molecular complexity index is 6150. The summed E-state index contributed by atoms with van der Waals surface area (Å²) < 4.78 is 21.7. The van der Waals surface area contributed by atoms with Gasteiger partial charge in [-0.05, 0) is 180 Å². The van der Waals surface area contributed by atoms with Crippen LogP contribution in [0.4, 0.5) is 27.7 Å². The van der Waals surface area contributed by atoms with E-state index in [4.69, 9.17) is 46.4 Å². The van der Waals surface area contributed by atoms with E-state index in [0.29, 0.717) is 58.5 Å². The minimum absolute atomic E-state index is 0.0140. The Morgan fingerprint density at radius 2 is 0.658 bits per heavy atom. The molecule has 4 fully saturated rings. The van der Waals surface area contributed by atoms with Crippen molar-refractivity contribution in [2.75, 3.05) is 21.3 Å². The van der Waals surface area contributed by atoms with Gasteiger partial charge in [-0.3, -0.25) is 19.2 Å². The second kappa shape index (κ2) is 29.4. The number of aryl methyl sites for hydroxylation is 2. The number of aromatic amines is 4. The van der Waals surface area contributed by atoms with Crippen LogP contribution in [0.15, 0.2) is 172 Å². The smallest absolute Gasteiger partial charge is 0.260 e. The molecule has 20 rings (SSSR count). The van der Waals surface area contributed by atoms with E-state index in [0.717, 1.165) is 157 Å². The maximum atomic E-state index is 14.2. The molecule has 0 saturated heterocycles. The highest BCUT2D eigenvalue weighted by Gasteiger charge is 2.35. The highest BCUT2D eigenvalue weighted by Crippen LogP contribution is 2.43. The maximum Gasteiger partial charge on any atom is 0.260 e. The first-order chi connectivity index (χ1) is 53.8. The van der Waals surface area contributed by atoms with E-state index >= 15 is 0 Å². The van der Waals surface area contributed by atoms with Crippen LogP contribution in [0, 0.1) is 19.7 Å². The van der Waals surface area contributed by atoms with E-state index in [1.54, 1.807) is 36.9 Å². The number of nitrogens with zero attached hydrogens (tertiary/aromatic N) is 12. The third-order valence-corrected chi connectivity index (χ3v) is 22.4. The summed E-state index contributed by atoms with van der Waals surface area (Å²) in [6.07, 6.45) is 21.0. The lowest BCUT2D eigenvalue weighted by Gasteiger charge is -2.21. The van der Waals surface area contributed by atoms with Gasteiger partial charge < -0.3 is 59.5 Å². The van der Waals surface area contributed by atoms with Crippen molar-refractivity contribution < 1.29 is 4.39 Å². The minimum atomic E-state index is -0.421. The lowest BCUT2D eigenvalue weighted by Crippen LogP contribution is -2.26. The molecule has 0 amide bonds. The number of halogens is 5. The fourth-order valence-electron chi connectivity index (χ4n) is 15.2. The zero-order chi connectivity index (χ0) is 76.8. The first-order valence-corrected chi connectivity index (χ1v) is 38.5. The second-order valence-electron chi connectivity index (χ2n) is 29.1. The molecule has 0 radical (unpaired) electrons. The van der Waals surface area contributed by atoms with Gasteiger partial charge in [0.2, 0.25) is 0 Å². The van der Waals surface area contributed by atoms with Gasteiger partial charge >= 0.3 is 0 Å². The Balaban J connectivity index is 0.000000108. The third-order valence-electron chi connectivity index (χ3n) is 21.2. The highest BCUT2D eigenvalue weighted by molar-refractivity contribution is 6.36. The summed E-state index contributed by atoms with van der Waals surface area (Å²) in [6, 6.07) is 32.6. The van der Waals surface area contributed by atoms with Crippen molar-refractivity contribution in [1.82, 2.24) is 78.1 Å². The second-order valence-corrected chi connectivity index (χ2v) is 30.7. The van der Waals surface area contributed by atoms with Crippen molar-refractivity contribution in [3.8, 4) is 0 Å². The lowest BCUT2D eigenvalue weighted by molar-refractivity contribution is 0.632. The molecule has 0 bridgehead atoms. The van der Waals surface area contributed by atoms with Crippen LogP contribution >= 0.6 is 46.4 Å². The van der Waals surface area contributed by atoms with Gasteiger partial charge in [0.05, 0.1) is 87.3 Å². The van der Waals surface area contributed by atoms with Gasteiger partial charge in [0.25, 0.3) is 22.2 Å². The number of fused-ring (bicyclic) bond motifs is 8. The van der Waals surface area contributed by atoms with Crippen LogP contribution in [0.1, 0.15) is 161 Å². The minimum Gasteiger partial charge on any atom is -0.361 e. The number of pyridine rings is 4. The van der Waals surface area contributed by atoms with E-state index in [9.17, 15) is 23.6 Å². The average molecular weight is 1570 g/mol. The molecule has 4 saturated carbocycles. The molecule has 4 atom stereocenters. The van der Waals surface area contributed by atoms with Crippen molar-refractivity contribution in [3.05, 3.63) is 254 Å². The first-order valence-electron chi connectivity index (χ1n) is 37.0. The predicted molar refractivity (Wildman–Crippen MR) is 439 cm³/mol. The molecule has 4 aromatic carbocycles. The summed E-state index contributed by atoms with van der Waals surface area (Å²) in [4.78, 5) is 99.4. The van der Waals surface area contributed by atoms with E-state index in [1.165, 1.54) is 18.9 Å². The fourth-order valence-corrected chi connectivity index (χ4v) is 16.2. The summed E-state index contributed by atoms with van der Waals surface area (Å²) in [7, 11) is 0. The van der Waals surface area contributed by atoms with Gasteiger partial charge in [-0.25, -0.2) is 44.3 Å². The van der Waals surface area contributed by atoms with Crippen molar-refractivity contribution in [2.45, 2.75) is 141 Å². The van der Waals surface area contributed by atoms with Crippen LogP contribution in [0.5, 0.6) is 0 Å². The molecule has 0 spiro atoms. The molecule has 0 unspecified atom stereocenters. The van der Waals surface area contributed by atoms with Crippen molar-refractivity contribution in [1.29, 1.82) is 0 Å². The molecule has 8 N–H and O–H groups in total. The van der Waals surface area contributed by atoms with Crippen molar-refractivity contribution in [3.63, 3.8) is 0 Å². The Kier molecular flexibility index (Phi) is 19.2. The molecule has 111 heavy (non-hydrogen) atoms. The lowest BCUT2D eigenvalue weighted by atomic mass is 10.1. The Hall–Kier alpha value is -11.5. The van der Waals surface area contributed by atoms with Gasteiger partial charge in [-0.2, -0.15) is 0 Å². The number of nitrogens with one attached hydrogen (secondary N) is 8. The van der Waals surface area contributed by atoms with Gasteiger partial charge in [0.1, 0.15) is 71.2 Å². The SMILES string of the molecule is C[C@H](Nc1ncnc2[nH]cc(F)c12)c1cc2cccc(Cl)c2c(=O)n1C1CC1.C[C@H](Nc1ncnc2[nH]ccc12)c1cc2cccc(Cl)c2c(=O)n1C1CC1.Cc1c[nH]c2ncnc(N[C@@H](C)c3cc4cccc(Cl)c4c(=O)n3C3CC3)c12.Cc1c[nH]c2ncnc(N[C@@H](C)c3cc4cccc(Cl)c4c(=O)n3C3CC3)c12. The number of hydrogen-bond donors (Lipinski definition) is 8. The zero-order valence-corrected chi connectivity index (χ0v) is 64.1. The van der Waals surface area contributed by atoms with Crippen molar-refractivity contribution >= 4 is 157 Å². The molecule has 0 aliphatic heterocycles. The molecule has 12 aromatic heterocycles. The van der Waals surface area contributed by atoms with Crippen molar-refractivity contribution in [2.24, 2.45) is 0 Å². The highest BCUT2D eigenvalue weighted by atomic mass is 35.5. The summed E-state index contributed by atoms with van der Waals surface area (Å²) >= 11 is 25.3. The average Bonchev–Trinajstić information content (AvgIpc) is 1.65. The van der Waals surface area contributed by atoms with Gasteiger partial charge in [0.15, 0.2) is 5.82 Å². The monoisotopic (exact) mass is 1560 g/mol. The molecular formula is C82H75Cl4FN20O4. The predicted octanol–water partition coefficient (Wildman–Crippen LogP) is 18.5. The molecular weight excluding hydrogens is 1490 g/mol. The molecule has 4 aliphatic carbocycles. The van der Waals surface area contributed by atoms with Crippen LogP contribution in [-0.2, 0) is 0 Å². The van der Waals surface area contributed by atoms with E-state index < -0.39 is 5.82 Å². The Morgan fingerprint density at radius 3 is 0.991 bits per heavy atom. The normalized spacial score (nSPS) is 15.3. The quantitative estimate of drug-likeness (QED) is 0.0446. The van der Waals surface area contributed by atoms with Crippen LogP contribution in [0.2, 0.25) is 20.1 Å². The molecule has 24 nitrogen and oxygen atoms in total. The van der Waals surface area contributed by atoms with Gasteiger partial charge in [-0.15, -0.1) is 0 Å². The van der Waals surface area contributed by atoms with Gasteiger partial charge in [0, 0.05) is 71.7 Å². The number of anilines is 4. The van der Waals surface area contributed by atoms with E-state index in [-0.39, 0.29) is 70.6 Å². The van der Waals surface area contributed by atoms with Crippen LogP contribution in [-0.4, -0.2) is 78.1 Å². The number of H-pyrrole nitrogens is 4. The zero-order valence-electron chi connectivity index (χ0n) is 61.1. The largest absolute Gasteiger partial charge is 0.361 e.